The van der Waals surface area contributed by atoms with Gasteiger partial charge in [-0.25, -0.2) is 0 Å². The second-order valence-electron chi connectivity index (χ2n) is 2.40. The van der Waals surface area contributed by atoms with Gasteiger partial charge in [0.2, 0.25) is 0 Å². The minimum Gasteiger partial charge on any atom is -0.406 e. The average Bonchev–Trinajstić information content (AvgIpc) is 2.03. The zero-order valence-electron chi connectivity index (χ0n) is 7.04. The Labute approximate surface area is 89.6 Å². The molecule has 0 amide bonds. The van der Waals surface area contributed by atoms with Crippen LogP contribution in [0, 0.1) is 0 Å². The third kappa shape index (κ3) is 4.48. The monoisotopic (exact) mass is 271 g/mol. The van der Waals surface area contributed by atoms with Crippen LogP contribution in [0.1, 0.15) is 5.56 Å². The average molecular weight is 272 g/mol. The van der Waals surface area contributed by atoms with Crippen molar-refractivity contribution in [2.75, 3.05) is 0 Å². The van der Waals surface area contributed by atoms with Crippen molar-refractivity contribution in [2.24, 2.45) is 5.73 Å². The van der Waals surface area contributed by atoms with Crippen molar-refractivity contribution in [1.82, 2.24) is 0 Å². The molecule has 0 atom stereocenters. The van der Waals surface area contributed by atoms with E-state index < -0.39 is 6.36 Å². The van der Waals surface area contributed by atoms with E-state index in [9.17, 15) is 13.2 Å². The van der Waals surface area contributed by atoms with Gasteiger partial charge in [-0.15, -0.1) is 30.2 Å². The predicted molar refractivity (Wildman–Crippen MR) is 51.3 cm³/mol. The van der Waals surface area contributed by atoms with Gasteiger partial charge in [-0.3, -0.25) is 0 Å². The summed E-state index contributed by atoms with van der Waals surface area (Å²) in [6.07, 6.45) is -4.63. The Morgan fingerprint density at radius 3 is 2.00 bits per heavy atom. The number of hydrogen-bond donors (Lipinski definition) is 1. The molecular formula is C8H9BrF3NO. The van der Waals surface area contributed by atoms with Crippen LogP contribution in [0.15, 0.2) is 24.3 Å². The molecule has 0 aliphatic heterocycles. The van der Waals surface area contributed by atoms with E-state index in [0.717, 1.165) is 5.56 Å². The lowest BCUT2D eigenvalue weighted by atomic mass is 10.2. The molecule has 6 heteroatoms. The Balaban J connectivity index is 0.00000169. The van der Waals surface area contributed by atoms with E-state index in [2.05, 4.69) is 4.74 Å². The first-order chi connectivity index (χ1) is 6.01. The van der Waals surface area contributed by atoms with Crippen molar-refractivity contribution < 1.29 is 17.9 Å². The largest absolute Gasteiger partial charge is 0.573 e. The van der Waals surface area contributed by atoms with Crippen molar-refractivity contribution in [3.63, 3.8) is 0 Å². The van der Waals surface area contributed by atoms with Gasteiger partial charge < -0.3 is 10.5 Å². The maximum absolute atomic E-state index is 11.7. The molecule has 2 nitrogen and oxygen atoms in total. The minimum atomic E-state index is -4.63. The molecule has 0 aliphatic rings. The Kier molecular flexibility index (Phi) is 4.93. The van der Waals surface area contributed by atoms with Crippen LogP contribution in [-0.4, -0.2) is 6.36 Å². The van der Waals surface area contributed by atoms with Crippen molar-refractivity contribution in [3.8, 4) is 5.75 Å². The molecule has 1 rings (SSSR count). The van der Waals surface area contributed by atoms with Crippen LogP contribution < -0.4 is 10.5 Å². The first kappa shape index (κ1) is 13.2. The third-order valence-electron chi connectivity index (χ3n) is 1.39. The topological polar surface area (TPSA) is 35.2 Å². The standard InChI is InChI=1S/C8H8F3NO.BrH/c9-8(10,11)13-7-3-1-6(5-12)2-4-7;/h1-4H,5,12H2;1H. The third-order valence-corrected chi connectivity index (χ3v) is 1.39. The molecule has 0 unspecified atom stereocenters. The quantitative estimate of drug-likeness (QED) is 0.898. The summed E-state index contributed by atoms with van der Waals surface area (Å²) in [5.41, 5.74) is 6.02. The molecule has 14 heavy (non-hydrogen) atoms. The molecule has 0 saturated heterocycles. The SMILES string of the molecule is Br.NCc1ccc(OC(F)(F)F)cc1. The van der Waals surface area contributed by atoms with Crippen LogP contribution in [0.3, 0.4) is 0 Å². The highest BCUT2D eigenvalue weighted by atomic mass is 79.9. The van der Waals surface area contributed by atoms with E-state index in [1.807, 2.05) is 0 Å². The lowest BCUT2D eigenvalue weighted by Crippen LogP contribution is -2.17. The van der Waals surface area contributed by atoms with Gasteiger partial charge in [0.15, 0.2) is 0 Å². The van der Waals surface area contributed by atoms with Gasteiger partial charge in [0, 0.05) is 6.54 Å². The maximum atomic E-state index is 11.7. The lowest BCUT2D eigenvalue weighted by molar-refractivity contribution is -0.274. The van der Waals surface area contributed by atoms with Crippen LogP contribution in [0.5, 0.6) is 5.75 Å². The lowest BCUT2D eigenvalue weighted by Gasteiger charge is -2.08. The second kappa shape index (κ2) is 5.21. The van der Waals surface area contributed by atoms with Crippen LogP contribution in [0.2, 0.25) is 0 Å². The highest BCUT2D eigenvalue weighted by Crippen LogP contribution is 2.22. The highest BCUT2D eigenvalue weighted by molar-refractivity contribution is 8.93. The Hall–Kier alpha value is -0.750. The molecule has 2 N–H and O–H groups in total. The fourth-order valence-electron chi connectivity index (χ4n) is 0.827. The van der Waals surface area contributed by atoms with Gasteiger partial charge in [-0.2, -0.15) is 0 Å². The van der Waals surface area contributed by atoms with Gasteiger partial charge in [-0.05, 0) is 17.7 Å². The fraction of sp³-hybridized carbons (Fsp3) is 0.250. The minimum absolute atomic E-state index is 0. The molecule has 0 aliphatic carbocycles. The normalized spacial score (nSPS) is 10.6. The number of ether oxygens (including phenoxy) is 1. The van der Waals surface area contributed by atoms with Gasteiger partial charge in [0.1, 0.15) is 5.75 Å². The van der Waals surface area contributed by atoms with Crippen molar-refractivity contribution in [3.05, 3.63) is 29.8 Å². The molecule has 0 spiro atoms. The zero-order chi connectivity index (χ0) is 9.90. The summed E-state index contributed by atoms with van der Waals surface area (Å²) in [6, 6.07) is 5.44. The van der Waals surface area contributed by atoms with E-state index in [4.69, 9.17) is 5.73 Å². The molecule has 1 aromatic rings. The smallest absolute Gasteiger partial charge is 0.406 e. The molecule has 0 bridgehead atoms. The first-order valence-electron chi connectivity index (χ1n) is 3.56. The predicted octanol–water partition coefficient (Wildman–Crippen LogP) is 2.62. The zero-order valence-corrected chi connectivity index (χ0v) is 8.76. The van der Waals surface area contributed by atoms with Gasteiger partial charge in [0.05, 0.1) is 0 Å². The van der Waals surface area contributed by atoms with Crippen LogP contribution in [0.4, 0.5) is 13.2 Å². The molecule has 0 heterocycles. The van der Waals surface area contributed by atoms with Crippen molar-refractivity contribution in [1.29, 1.82) is 0 Å². The number of halogens is 4. The van der Waals surface area contributed by atoms with Crippen molar-refractivity contribution in [2.45, 2.75) is 12.9 Å². The number of alkyl halides is 3. The molecule has 0 fully saturated rings. The molecule has 0 aromatic heterocycles. The summed E-state index contributed by atoms with van der Waals surface area (Å²) in [4.78, 5) is 0. The molecule has 0 saturated carbocycles. The van der Waals surface area contributed by atoms with Gasteiger partial charge >= 0.3 is 6.36 Å². The molecular weight excluding hydrogens is 263 g/mol. The second-order valence-corrected chi connectivity index (χ2v) is 2.40. The van der Waals surface area contributed by atoms with E-state index in [0.29, 0.717) is 6.54 Å². The summed E-state index contributed by atoms with van der Waals surface area (Å²) >= 11 is 0. The number of rotatable bonds is 2. The van der Waals surface area contributed by atoms with Crippen LogP contribution >= 0.6 is 17.0 Å². The van der Waals surface area contributed by atoms with E-state index >= 15 is 0 Å². The van der Waals surface area contributed by atoms with Gasteiger partial charge in [-0.1, -0.05) is 12.1 Å². The Bertz CT molecular complexity index is 273. The summed E-state index contributed by atoms with van der Waals surface area (Å²) in [5.74, 6) is -0.232. The number of benzene rings is 1. The number of hydrogen-bond acceptors (Lipinski definition) is 2. The fourth-order valence-corrected chi connectivity index (χ4v) is 0.827. The maximum Gasteiger partial charge on any atom is 0.573 e. The van der Waals surface area contributed by atoms with Crippen molar-refractivity contribution >= 4 is 17.0 Å². The number of nitrogens with two attached hydrogens (primary N) is 1. The Morgan fingerprint density at radius 2 is 1.64 bits per heavy atom. The summed E-state index contributed by atoms with van der Waals surface area (Å²) < 4.78 is 38.7. The Morgan fingerprint density at radius 1 is 1.14 bits per heavy atom. The summed E-state index contributed by atoms with van der Waals surface area (Å²) in [6.45, 7) is 0.298. The molecule has 80 valence electrons. The van der Waals surface area contributed by atoms with E-state index in [-0.39, 0.29) is 22.7 Å². The van der Waals surface area contributed by atoms with E-state index in [1.54, 1.807) is 0 Å². The van der Waals surface area contributed by atoms with Crippen LogP contribution in [-0.2, 0) is 6.54 Å². The molecule has 1 aromatic carbocycles. The molecule has 0 radical (unpaired) electrons. The first-order valence-corrected chi connectivity index (χ1v) is 3.56. The summed E-state index contributed by atoms with van der Waals surface area (Å²) in [7, 11) is 0. The highest BCUT2D eigenvalue weighted by Gasteiger charge is 2.30. The summed E-state index contributed by atoms with van der Waals surface area (Å²) in [5, 5.41) is 0. The van der Waals surface area contributed by atoms with Crippen LogP contribution in [0.25, 0.3) is 0 Å². The van der Waals surface area contributed by atoms with E-state index in [1.165, 1.54) is 24.3 Å². The van der Waals surface area contributed by atoms with Gasteiger partial charge in [0.25, 0.3) is 0 Å².